The molecule has 0 aliphatic heterocycles. The number of sulfonamides is 1. The maximum atomic E-state index is 13.5. The van der Waals surface area contributed by atoms with Crippen LogP contribution in [0.3, 0.4) is 0 Å². The van der Waals surface area contributed by atoms with Gasteiger partial charge in [0.1, 0.15) is 10.7 Å². The lowest BCUT2D eigenvalue weighted by atomic mass is 10.2. The highest BCUT2D eigenvalue weighted by Gasteiger charge is 2.19. The average Bonchev–Trinajstić information content (AvgIpc) is 2.46. The SMILES string of the molecule is O=S(=O)(NCC(Br)c1ccccc1)c1ccccc1F. The van der Waals surface area contributed by atoms with Crippen molar-refractivity contribution in [2.75, 3.05) is 6.54 Å². The summed E-state index contributed by atoms with van der Waals surface area (Å²) >= 11 is 3.41. The van der Waals surface area contributed by atoms with Crippen LogP contribution in [0.1, 0.15) is 10.4 Å². The molecular weight excluding hydrogens is 345 g/mol. The molecule has 0 aromatic heterocycles. The van der Waals surface area contributed by atoms with Crippen molar-refractivity contribution in [3.63, 3.8) is 0 Å². The lowest BCUT2D eigenvalue weighted by Gasteiger charge is -2.12. The molecule has 1 unspecified atom stereocenters. The van der Waals surface area contributed by atoms with E-state index in [1.54, 1.807) is 0 Å². The van der Waals surface area contributed by atoms with E-state index in [0.29, 0.717) is 0 Å². The molecule has 0 aliphatic carbocycles. The van der Waals surface area contributed by atoms with E-state index in [1.807, 2.05) is 30.3 Å². The smallest absolute Gasteiger partial charge is 0.210 e. The highest BCUT2D eigenvalue weighted by atomic mass is 79.9. The zero-order valence-electron chi connectivity index (χ0n) is 10.5. The number of hydrogen-bond donors (Lipinski definition) is 1. The van der Waals surface area contributed by atoms with Crippen LogP contribution in [-0.2, 0) is 10.0 Å². The molecular formula is C14H13BrFNO2S. The van der Waals surface area contributed by atoms with Crippen molar-refractivity contribution in [1.29, 1.82) is 0 Å². The first-order chi connectivity index (χ1) is 9.50. The van der Waals surface area contributed by atoms with Crippen LogP contribution >= 0.6 is 15.9 Å². The zero-order chi connectivity index (χ0) is 14.6. The predicted molar refractivity (Wildman–Crippen MR) is 79.7 cm³/mol. The summed E-state index contributed by atoms with van der Waals surface area (Å²) < 4.78 is 39.9. The van der Waals surface area contributed by atoms with Gasteiger partial charge in [-0.3, -0.25) is 0 Å². The van der Waals surface area contributed by atoms with Crippen molar-refractivity contribution in [3.05, 3.63) is 66.0 Å². The van der Waals surface area contributed by atoms with Crippen LogP contribution in [-0.4, -0.2) is 15.0 Å². The molecule has 3 nitrogen and oxygen atoms in total. The van der Waals surface area contributed by atoms with Crippen LogP contribution in [0.5, 0.6) is 0 Å². The first-order valence-corrected chi connectivity index (χ1v) is 8.34. The first-order valence-electron chi connectivity index (χ1n) is 5.94. The van der Waals surface area contributed by atoms with Gasteiger partial charge in [0, 0.05) is 6.54 Å². The third kappa shape index (κ3) is 3.65. The minimum absolute atomic E-state index is 0.140. The van der Waals surface area contributed by atoms with E-state index >= 15 is 0 Å². The fraction of sp³-hybridized carbons (Fsp3) is 0.143. The van der Waals surface area contributed by atoms with Crippen LogP contribution < -0.4 is 4.72 Å². The van der Waals surface area contributed by atoms with E-state index in [4.69, 9.17) is 0 Å². The highest BCUT2D eigenvalue weighted by molar-refractivity contribution is 9.09. The molecule has 0 saturated carbocycles. The Labute approximate surface area is 126 Å². The Bertz CT molecular complexity index is 677. The molecule has 1 N–H and O–H groups in total. The van der Waals surface area contributed by atoms with E-state index in [1.165, 1.54) is 18.2 Å². The van der Waals surface area contributed by atoms with Gasteiger partial charge in [-0.15, -0.1) is 0 Å². The van der Waals surface area contributed by atoms with E-state index in [9.17, 15) is 12.8 Å². The van der Waals surface area contributed by atoms with E-state index < -0.39 is 15.8 Å². The van der Waals surface area contributed by atoms with E-state index in [0.717, 1.165) is 11.6 Å². The Morgan fingerprint density at radius 1 is 1.05 bits per heavy atom. The third-order valence-corrected chi connectivity index (χ3v) is 5.05. The minimum Gasteiger partial charge on any atom is -0.210 e. The van der Waals surface area contributed by atoms with Crippen LogP contribution in [0.4, 0.5) is 4.39 Å². The predicted octanol–water partition coefficient (Wildman–Crippen LogP) is 3.24. The summed E-state index contributed by atoms with van der Waals surface area (Å²) in [6.45, 7) is 0.140. The lowest BCUT2D eigenvalue weighted by molar-refractivity contribution is 0.557. The van der Waals surface area contributed by atoms with Crippen molar-refractivity contribution in [3.8, 4) is 0 Å². The second-order valence-electron chi connectivity index (χ2n) is 4.16. The second-order valence-corrected chi connectivity index (χ2v) is 7.00. The maximum Gasteiger partial charge on any atom is 0.243 e. The Hall–Kier alpha value is -1.24. The summed E-state index contributed by atoms with van der Waals surface area (Å²) in [4.78, 5) is -0.516. The average molecular weight is 358 g/mol. The largest absolute Gasteiger partial charge is 0.243 e. The van der Waals surface area contributed by atoms with Gasteiger partial charge in [0.15, 0.2) is 0 Å². The standard InChI is InChI=1S/C14H13BrFNO2S/c15-12(11-6-2-1-3-7-11)10-17-20(18,19)14-9-5-4-8-13(14)16/h1-9,12,17H,10H2. The maximum absolute atomic E-state index is 13.5. The van der Waals surface area contributed by atoms with Gasteiger partial charge in [-0.25, -0.2) is 17.5 Å². The summed E-state index contributed by atoms with van der Waals surface area (Å²) in [5, 5.41) is 0. The van der Waals surface area contributed by atoms with E-state index in [-0.39, 0.29) is 16.3 Å². The molecule has 0 radical (unpaired) electrons. The highest BCUT2D eigenvalue weighted by Crippen LogP contribution is 2.22. The van der Waals surface area contributed by atoms with Crippen LogP contribution in [0.25, 0.3) is 0 Å². The van der Waals surface area contributed by atoms with Gasteiger partial charge in [0.25, 0.3) is 0 Å². The molecule has 20 heavy (non-hydrogen) atoms. The number of nitrogens with one attached hydrogen (secondary N) is 1. The summed E-state index contributed by atoms with van der Waals surface area (Å²) in [6.07, 6.45) is 0. The molecule has 2 aromatic rings. The van der Waals surface area contributed by atoms with Crippen molar-refractivity contribution in [2.45, 2.75) is 9.72 Å². The number of alkyl halides is 1. The van der Waals surface area contributed by atoms with Gasteiger partial charge >= 0.3 is 0 Å². The van der Waals surface area contributed by atoms with Gasteiger partial charge in [-0.05, 0) is 17.7 Å². The number of halogens is 2. The van der Waals surface area contributed by atoms with Crippen molar-refractivity contribution < 1.29 is 12.8 Å². The lowest BCUT2D eigenvalue weighted by Crippen LogP contribution is -2.27. The topological polar surface area (TPSA) is 46.2 Å². The molecule has 106 valence electrons. The van der Waals surface area contributed by atoms with Gasteiger partial charge in [0.05, 0.1) is 4.83 Å². The number of rotatable bonds is 5. The number of hydrogen-bond acceptors (Lipinski definition) is 2. The molecule has 1 atom stereocenters. The van der Waals surface area contributed by atoms with Crippen LogP contribution in [0.15, 0.2) is 59.5 Å². The Balaban J connectivity index is 2.09. The number of benzene rings is 2. The molecule has 0 bridgehead atoms. The summed E-state index contributed by atoms with van der Waals surface area (Å²) in [5.41, 5.74) is 0.948. The first kappa shape index (κ1) is 15.2. The van der Waals surface area contributed by atoms with Gasteiger partial charge in [0.2, 0.25) is 10.0 Å². The van der Waals surface area contributed by atoms with E-state index in [2.05, 4.69) is 20.7 Å². The van der Waals surface area contributed by atoms with Gasteiger partial charge < -0.3 is 0 Å². The van der Waals surface area contributed by atoms with Crippen LogP contribution in [0.2, 0.25) is 0 Å². The van der Waals surface area contributed by atoms with Gasteiger partial charge in [-0.2, -0.15) is 0 Å². The molecule has 0 amide bonds. The Morgan fingerprint density at radius 3 is 2.30 bits per heavy atom. The molecule has 0 aliphatic rings. The second kappa shape index (κ2) is 6.47. The molecule has 2 aromatic carbocycles. The van der Waals surface area contributed by atoms with Gasteiger partial charge in [-0.1, -0.05) is 58.4 Å². The monoisotopic (exact) mass is 357 g/mol. The molecule has 0 saturated heterocycles. The van der Waals surface area contributed by atoms with Crippen molar-refractivity contribution in [1.82, 2.24) is 4.72 Å². The summed E-state index contributed by atoms with van der Waals surface area (Å²) in [5.74, 6) is -0.758. The minimum atomic E-state index is -3.85. The fourth-order valence-corrected chi connectivity index (χ4v) is 3.51. The zero-order valence-corrected chi connectivity index (χ0v) is 12.9. The fourth-order valence-electron chi connectivity index (χ4n) is 1.70. The molecule has 0 spiro atoms. The Kier molecular flexibility index (Phi) is 4.91. The summed E-state index contributed by atoms with van der Waals surface area (Å²) in [6, 6.07) is 14.7. The summed E-state index contributed by atoms with van der Waals surface area (Å²) in [7, 11) is -3.85. The molecule has 6 heteroatoms. The van der Waals surface area contributed by atoms with Crippen LogP contribution in [0, 0.1) is 5.82 Å². The van der Waals surface area contributed by atoms with Crippen molar-refractivity contribution >= 4 is 26.0 Å². The normalized spacial score (nSPS) is 13.1. The molecule has 2 rings (SSSR count). The van der Waals surface area contributed by atoms with Crippen molar-refractivity contribution in [2.24, 2.45) is 0 Å². The molecule has 0 fully saturated rings. The third-order valence-electron chi connectivity index (χ3n) is 2.74. The molecule has 0 heterocycles. The Morgan fingerprint density at radius 2 is 1.65 bits per heavy atom. The quantitative estimate of drug-likeness (QED) is 0.835.